The highest BCUT2D eigenvalue weighted by molar-refractivity contribution is 5.22. The van der Waals surface area contributed by atoms with E-state index in [0.717, 1.165) is 19.3 Å². The van der Waals surface area contributed by atoms with Crippen molar-refractivity contribution in [3.05, 3.63) is 41.8 Å². The Morgan fingerprint density at radius 1 is 0.938 bits per heavy atom. The predicted molar refractivity (Wildman–Crippen MR) is 69.7 cm³/mol. The third-order valence-electron chi connectivity index (χ3n) is 2.86. The zero-order valence-corrected chi connectivity index (χ0v) is 10.3. The summed E-state index contributed by atoms with van der Waals surface area (Å²) in [5.41, 5.74) is 2.84. The van der Waals surface area contributed by atoms with Crippen molar-refractivity contribution in [3.8, 4) is 5.92 Å². The molecule has 0 saturated carbocycles. The molecule has 0 fully saturated rings. The van der Waals surface area contributed by atoms with E-state index >= 15 is 0 Å². The van der Waals surface area contributed by atoms with Crippen LogP contribution < -0.4 is 0 Å². The molecule has 0 nitrogen and oxygen atoms in total. The molecule has 0 aliphatic rings. The number of hydrogen-bond donors (Lipinski definition) is 0. The predicted octanol–water partition coefficient (Wildman–Crippen LogP) is 4.33. The molecule has 0 aliphatic carbocycles. The molecule has 0 unspecified atom stereocenters. The molecule has 0 saturated heterocycles. The van der Waals surface area contributed by atoms with Crippen LogP contribution in [-0.4, -0.2) is 0 Å². The van der Waals surface area contributed by atoms with Gasteiger partial charge in [0.25, 0.3) is 0 Å². The zero-order valence-electron chi connectivity index (χ0n) is 10.3. The van der Waals surface area contributed by atoms with E-state index in [1.165, 1.54) is 36.8 Å². The van der Waals surface area contributed by atoms with Crippen LogP contribution in [0.15, 0.2) is 24.3 Å². The van der Waals surface area contributed by atoms with Gasteiger partial charge in [-0.05, 0) is 43.2 Å². The second-order valence-electron chi connectivity index (χ2n) is 4.30. The van der Waals surface area contributed by atoms with Gasteiger partial charge in [0.15, 0.2) is 0 Å². The van der Waals surface area contributed by atoms with Gasteiger partial charge in [0, 0.05) is 6.42 Å². The highest BCUT2D eigenvalue weighted by Crippen LogP contribution is 2.10. The van der Waals surface area contributed by atoms with Crippen molar-refractivity contribution in [2.45, 2.75) is 51.9 Å². The molecule has 0 heterocycles. The Kier molecular flexibility index (Phi) is 6.42. The minimum Gasteiger partial charge on any atom is -0.0891 e. The van der Waals surface area contributed by atoms with Gasteiger partial charge in [-0.15, -0.1) is 0 Å². The van der Waals surface area contributed by atoms with Crippen LogP contribution in [0.1, 0.15) is 50.2 Å². The first kappa shape index (κ1) is 12.8. The number of hydrogen-bond acceptors (Lipinski definition) is 0. The maximum Gasteiger partial charge on any atom is 0.0102 e. The van der Waals surface area contributed by atoms with E-state index in [0.29, 0.717) is 0 Å². The average molecular weight is 213 g/mol. The lowest BCUT2D eigenvalue weighted by Crippen LogP contribution is -1.88. The molecule has 1 aromatic rings. The van der Waals surface area contributed by atoms with Crippen LogP contribution in [0.4, 0.5) is 0 Å². The first-order valence-corrected chi connectivity index (χ1v) is 6.34. The van der Waals surface area contributed by atoms with Crippen molar-refractivity contribution >= 4 is 0 Å². The summed E-state index contributed by atoms with van der Waals surface area (Å²) in [6, 6.07) is 8.95. The maximum atomic E-state index is 6.85. The fourth-order valence-corrected chi connectivity index (χ4v) is 1.83. The van der Waals surface area contributed by atoms with Crippen LogP contribution >= 0.6 is 0 Å². The number of benzene rings is 1. The minimum atomic E-state index is 0.776. The zero-order chi connectivity index (χ0) is 11.6. The van der Waals surface area contributed by atoms with Gasteiger partial charge in [0.2, 0.25) is 0 Å². The van der Waals surface area contributed by atoms with Crippen molar-refractivity contribution < 1.29 is 0 Å². The van der Waals surface area contributed by atoms with Crippen LogP contribution in [-0.2, 0) is 12.8 Å². The molecule has 0 N–H and O–H groups in total. The van der Waals surface area contributed by atoms with E-state index in [-0.39, 0.29) is 0 Å². The molecule has 0 spiro atoms. The van der Waals surface area contributed by atoms with Gasteiger partial charge >= 0.3 is 0 Å². The topological polar surface area (TPSA) is 0 Å². The van der Waals surface area contributed by atoms with E-state index in [4.69, 9.17) is 6.42 Å². The first-order valence-electron chi connectivity index (χ1n) is 6.34. The Labute approximate surface area is 100 Å². The van der Waals surface area contributed by atoms with Crippen LogP contribution in [0.5, 0.6) is 0 Å². The standard InChI is InChI=1S/C16H21/c1-3-5-7-9-15-11-13-16(14-12-15)10-8-6-4-2/h11-14H,3,5-10H2,1H3. The van der Waals surface area contributed by atoms with Gasteiger partial charge in [0.05, 0.1) is 0 Å². The van der Waals surface area contributed by atoms with Crippen LogP contribution in [0.3, 0.4) is 0 Å². The Bertz CT molecular complexity index is 313. The molecule has 0 amide bonds. The molecule has 0 heteroatoms. The summed E-state index contributed by atoms with van der Waals surface area (Å²) in [6.07, 6.45) is 14.9. The second kappa shape index (κ2) is 7.99. The van der Waals surface area contributed by atoms with E-state index < -0.39 is 0 Å². The second-order valence-corrected chi connectivity index (χ2v) is 4.30. The van der Waals surface area contributed by atoms with Gasteiger partial charge in [-0.2, -0.15) is 0 Å². The molecule has 0 aliphatic heterocycles. The fourth-order valence-electron chi connectivity index (χ4n) is 1.83. The lowest BCUT2D eigenvalue weighted by Gasteiger charge is -2.03. The molecule has 16 heavy (non-hydrogen) atoms. The monoisotopic (exact) mass is 213 g/mol. The maximum absolute atomic E-state index is 6.85. The normalized spacial score (nSPS) is 10.0. The minimum absolute atomic E-state index is 0.776. The molecule has 1 radical (unpaired) electrons. The Hall–Kier alpha value is -1.22. The van der Waals surface area contributed by atoms with E-state index in [1.807, 2.05) is 0 Å². The average Bonchev–Trinajstić information content (AvgIpc) is 2.32. The van der Waals surface area contributed by atoms with Gasteiger partial charge in [-0.25, -0.2) is 0 Å². The lowest BCUT2D eigenvalue weighted by molar-refractivity contribution is 0.717. The number of unbranched alkanes of at least 4 members (excludes halogenated alkanes) is 3. The molecular weight excluding hydrogens is 192 g/mol. The largest absolute Gasteiger partial charge is 0.0891 e. The van der Waals surface area contributed by atoms with Gasteiger partial charge < -0.3 is 0 Å². The van der Waals surface area contributed by atoms with Crippen molar-refractivity contribution in [1.82, 2.24) is 0 Å². The van der Waals surface area contributed by atoms with Crippen molar-refractivity contribution in [2.24, 2.45) is 0 Å². The fraction of sp³-hybridized carbons (Fsp3) is 0.500. The summed E-state index contributed by atoms with van der Waals surface area (Å²) in [7, 11) is 0. The quantitative estimate of drug-likeness (QED) is 0.467. The Morgan fingerprint density at radius 2 is 1.50 bits per heavy atom. The summed E-state index contributed by atoms with van der Waals surface area (Å²) < 4.78 is 0. The van der Waals surface area contributed by atoms with Crippen molar-refractivity contribution in [1.29, 1.82) is 0 Å². The van der Waals surface area contributed by atoms with Crippen LogP contribution in [0, 0.1) is 12.3 Å². The third kappa shape index (κ3) is 5.03. The van der Waals surface area contributed by atoms with E-state index in [1.54, 1.807) is 0 Å². The summed E-state index contributed by atoms with van der Waals surface area (Å²) in [5, 5.41) is 0. The molecule has 1 aromatic carbocycles. The van der Waals surface area contributed by atoms with Gasteiger partial charge in [-0.1, -0.05) is 50.0 Å². The van der Waals surface area contributed by atoms with Gasteiger partial charge in [0.1, 0.15) is 0 Å². The first-order chi connectivity index (χ1) is 7.86. The Morgan fingerprint density at radius 3 is 2.00 bits per heavy atom. The SMILES string of the molecule is [C]#CCCCc1ccc(CCCCC)cc1. The summed E-state index contributed by atoms with van der Waals surface area (Å²) >= 11 is 0. The smallest absolute Gasteiger partial charge is 0.0102 e. The van der Waals surface area contributed by atoms with Crippen LogP contribution in [0.2, 0.25) is 0 Å². The summed E-state index contributed by atoms with van der Waals surface area (Å²) in [5.74, 6) is 2.43. The molecule has 1 rings (SSSR count). The molecule has 85 valence electrons. The number of aryl methyl sites for hydroxylation is 2. The highest BCUT2D eigenvalue weighted by atomic mass is 14.0. The van der Waals surface area contributed by atoms with Crippen molar-refractivity contribution in [2.75, 3.05) is 0 Å². The highest BCUT2D eigenvalue weighted by Gasteiger charge is 1.95. The van der Waals surface area contributed by atoms with Crippen LogP contribution in [0.25, 0.3) is 0 Å². The molecular formula is C16H21. The Balaban J connectivity index is 2.33. The van der Waals surface area contributed by atoms with E-state index in [2.05, 4.69) is 37.1 Å². The lowest BCUT2D eigenvalue weighted by atomic mass is 10.0. The molecule has 0 aromatic heterocycles. The summed E-state index contributed by atoms with van der Waals surface area (Å²) in [6.45, 7) is 2.24. The molecule has 0 bridgehead atoms. The molecule has 0 atom stereocenters. The third-order valence-corrected chi connectivity index (χ3v) is 2.86. The van der Waals surface area contributed by atoms with Crippen molar-refractivity contribution in [3.63, 3.8) is 0 Å². The van der Waals surface area contributed by atoms with E-state index in [9.17, 15) is 0 Å². The van der Waals surface area contributed by atoms with Gasteiger partial charge in [-0.3, -0.25) is 0 Å². The number of rotatable bonds is 7. The summed E-state index contributed by atoms with van der Waals surface area (Å²) in [4.78, 5) is 0.